The summed E-state index contributed by atoms with van der Waals surface area (Å²) in [5.74, 6) is 5.36. The van der Waals surface area contributed by atoms with Crippen LogP contribution in [0.4, 0.5) is 0 Å². The minimum Gasteiger partial charge on any atom is -0.294 e. The summed E-state index contributed by atoms with van der Waals surface area (Å²) >= 11 is 0. The number of rotatable bonds is 15. The van der Waals surface area contributed by atoms with Crippen molar-refractivity contribution in [2.45, 2.75) is 0 Å². The Morgan fingerprint density at radius 3 is 0.983 bits per heavy atom. The average Bonchev–Trinajstić information content (AvgIpc) is 1.57. The molecule has 118 heavy (non-hydrogen) atoms. The maximum absolute atomic E-state index is 5.47. The molecule has 0 radical (unpaired) electrons. The summed E-state index contributed by atoms with van der Waals surface area (Å²) in [6.07, 6.45) is 0. The molecule has 0 fully saturated rings. The Morgan fingerprint density at radius 2 is 0.466 bits per heavy atom. The van der Waals surface area contributed by atoms with Crippen molar-refractivity contribution in [3.8, 4) is 159 Å². The number of aromatic nitrogens is 12. The lowest BCUT2D eigenvalue weighted by Gasteiger charge is -2.13. The van der Waals surface area contributed by atoms with E-state index < -0.39 is 0 Å². The van der Waals surface area contributed by atoms with Crippen LogP contribution < -0.4 is 0 Å². The second-order valence-corrected chi connectivity index (χ2v) is 29.5. The van der Waals surface area contributed by atoms with Gasteiger partial charge in [-0.1, -0.05) is 334 Å². The quantitative estimate of drug-likeness (QED) is 0.0975. The topological polar surface area (TPSA) is 139 Å². The molecule has 0 saturated carbocycles. The van der Waals surface area contributed by atoms with E-state index in [9.17, 15) is 0 Å². The maximum atomic E-state index is 5.47. The zero-order valence-electron chi connectivity index (χ0n) is 63.5. The first kappa shape index (κ1) is 68.6. The molecule has 22 rings (SSSR count). The third-order valence-electron chi connectivity index (χ3n) is 22.2. The van der Waals surface area contributed by atoms with Crippen LogP contribution in [0.15, 0.2) is 400 Å². The Labute approximate surface area is 678 Å². The Morgan fingerprint density at radius 1 is 0.153 bits per heavy atom. The van der Waals surface area contributed by atoms with Crippen molar-refractivity contribution in [3.63, 3.8) is 0 Å². The molecule has 0 bridgehead atoms. The lowest BCUT2D eigenvalue weighted by molar-refractivity contribution is 0.953. The van der Waals surface area contributed by atoms with Crippen LogP contribution in [0.1, 0.15) is 0 Å². The number of nitrogens with zero attached hydrogens (tertiary/aromatic N) is 12. The van der Waals surface area contributed by atoms with Crippen molar-refractivity contribution in [1.82, 2.24) is 59.0 Å². The van der Waals surface area contributed by atoms with Crippen molar-refractivity contribution in [3.05, 3.63) is 400 Å². The molecule has 22 aromatic rings. The van der Waals surface area contributed by atoms with Gasteiger partial charge in [0.05, 0.1) is 39.1 Å². The summed E-state index contributed by atoms with van der Waals surface area (Å²) in [7, 11) is 0. The number of fused-ring (bicyclic) bond motifs is 10. The van der Waals surface area contributed by atoms with E-state index in [1.54, 1.807) is 0 Å². The largest absolute Gasteiger partial charge is 0.294 e. The van der Waals surface area contributed by atoms with Crippen LogP contribution in [-0.4, -0.2) is 59.0 Å². The van der Waals surface area contributed by atoms with Crippen LogP contribution >= 0.6 is 0 Å². The Hall–Kier alpha value is -16.2. The van der Waals surface area contributed by atoms with Crippen LogP contribution in [0.3, 0.4) is 0 Å². The highest BCUT2D eigenvalue weighted by Gasteiger charge is 2.24. The lowest BCUT2D eigenvalue weighted by Crippen LogP contribution is -2.06. The molecule has 0 amide bonds. The van der Waals surface area contributed by atoms with Gasteiger partial charge in [-0.15, -0.1) is 0 Å². The molecule has 0 aliphatic carbocycles. The Bertz CT molecular complexity index is 7600. The zero-order valence-corrected chi connectivity index (χ0v) is 63.5. The number of hydrogen-bond acceptors (Lipinski definition) is 10. The van der Waals surface area contributed by atoms with Gasteiger partial charge in [0.15, 0.2) is 40.8 Å². The van der Waals surface area contributed by atoms with E-state index in [4.69, 9.17) is 49.8 Å². The molecular formula is C106H66N12. The fourth-order valence-corrected chi connectivity index (χ4v) is 16.5. The summed E-state index contributed by atoms with van der Waals surface area (Å²) in [5, 5.41) is 9.16. The van der Waals surface area contributed by atoms with Crippen molar-refractivity contribution in [2.24, 2.45) is 0 Å². The predicted octanol–water partition coefficient (Wildman–Crippen LogP) is 25.8. The first-order valence-electron chi connectivity index (χ1n) is 39.4. The minimum atomic E-state index is 0.500. The van der Waals surface area contributed by atoms with E-state index in [1.165, 1.54) is 21.5 Å². The van der Waals surface area contributed by atoms with Gasteiger partial charge in [0.25, 0.3) is 0 Å². The standard InChI is InChI=1S/C106H66N12/c1-6-28-70(29-7-1)89-65-90(108-99(107-89)71-30-8-2-9-31-71)81-42-22-38-76(60-81)79-41-25-45-84(63-79)105-114-103(74-36-14-5-15-37-74)115-106(116-105)118-93-57-56-80(64-88(93)98-86-47-19-17-27-69(86)55-59-95(98)118)67-50-52-75(53-51-67)102-111-101(73-34-12-4-13-35-73)112-104(113-102)83-44-24-40-78(62-83)77-39-23-43-82(61-77)91-66-96(110-100(109-91)72-32-10-3-11-33-72)117-92-49-21-20-48-87(92)97-85-46-18-16-26-68(85)54-58-94(97)117/h1-66H. The van der Waals surface area contributed by atoms with E-state index in [2.05, 4.69) is 306 Å². The predicted molar refractivity (Wildman–Crippen MR) is 479 cm³/mol. The van der Waals surface area contributed by atoms with Gasteiger partial charge < -0.3 is 0 Å². The SMILES string of the molecule is c1ccc(-c2cc(-c3cccc(-c4cccc(-c5nc(-c6ccccc6)nc(-n6c7ccc(-c8ccc(-c9nc(-c%10ccccc%10)nc(-c%10cccc(-c%11cccc(-c%12cc(-n%13c%14ccccc%14c%14c%15ccccc%15ccc%14%13)nc(-c%13ccccc%13)n%12)c%11)c%10)n9)cc8)cc7c7c8ccccc8ccc76)n5)c4)c3)nc(-c3ccccc3)n2)cc1. The Balaban J connectivity index is 0.607. The molecule has 6 aromatic heterocycles. The van der Waals surface area contributed by atoms with Crippen molar-refractivity contribution in [1.29, 1.82) is 0 Å². The van der Waals surface area contributed by atoms with Gasteiger partial charge in [-0.3, -0.25) is 9.13 Å². The zero-order chi connectivity index (χ0) is 78.0. The molecule has 12 nitrogen and oxygen atoms in total. The number of hydrogen-bond donors (Lipinski definition) is 0. The van der Waals surface area contributed by atoms with Gasteiger partial charge in [0, 0.05) is 83.2 Å². The summed E-state index contributed by atoms with van der Waals surface area (Å²) in [6.45, 7) is 0. The van der Waals surface area contributed by atoms with E-state index in [-0.39, 0.29) is 0 Å². The van der Waals surface area contributed by atoms with Gasteiger partial charge >= 0.3 is 0 Å². The summed E-state index contributed by atoms with van der Waals surface area (Å²) < 4.78 is 4.49. The minimum absolute atomic E-state index is 0.500. The smallest absolute Gasteiger partial charge is 0.238 e. The highest BCUT2D eigenvalue weighted by Crippen LogP contribution is 2.43. The van der Waals surface area contributed by atoms with E-state index in [1.807, 2.05) is 103 Å². The molecule has 0 spiro atoms. The second kappa shape index (κ2) is 29.1. The van der Waals surface area contributed by atoms with E-state index in [0.717, 1.165) is 156 Å². The first-order valence-corrected chi connectivity index (χ1v) is 39.4. The van der Waals surface area contributed by atoms with E-state index in [0.29, 0.717) is 46.7 Å². The fraction of sp³-hybridized carbons (Fsp3) is 0. The molecule has 12 heteroatoms. The Kier molecular flexibility index (Phi) is 16.9. The highest BCUT2D eigenvalue weighted by molar-refractivity contribution is 6.23. The third kappa shape index (κ3) is 12.6. The maximum Gasteiger partial charge on any atom is 0.238 e. The van der Waals surface area contributed by atoms with Crippen LogP contribution in [0, 0.1) is 0 Å². The van der Waals surface area contributed by atoms with Crippen molar-refractivity contribution >= 4 is 65.2 Å². The van der Waals surface area contributed by atoms with E-state index >= 15 is 0 Å². The third-order valence-corrected chi connectivity index (χ3v) is 22.2. The van der Waals surface area contributed by atoms with Crippen molar-refractivity contribution < 1.29 is 0 Å². The summed E-state index contributed by atoms with van der Waals surface area (Å²) in [5.41, 5.74) is 21.8. The molecule has 0 aliphatic rings. The molecule has 0 unspecified atom stereocenters. The van der Waals surface area contributed by atoms with Gasteiger partial charge in [0.1, 0.15) is 5.82 Å². The fourth-order valence-electron chi connectivity index (χ4n) is 16.5. The van der Waals surface area contributed by atoms with Gasteiger partial charge in [-0.25, -0.2) is 39.9 Å². The van der Waals surface area contributed by atoms with Gasteiger partial charge in [-0.2, -0.15) is 9.97 Å². The molecule has 6 heterocycles. The molecule has 0 aliphatic heterocycles. The summed E-state index contributed by atoms with van der Waals surface area (Å²) in [6, 6.07) is 139. The second-order valence-electron chi connectivity index (χ2n) is 29.5. The van der Waals surface area contributed by atoms with Crippen LogP contribution in [-0.2, 0) is 0 Å². The van der Waals surface area contributed by atoms with Crippen LogP contribution in [0.2, 0.25) is 0 Å². The van der Waals surface area contributed by atoms with Crippen molar-refractivity contribution in [2.75, 3.05) is 0 Å². The molecular weight excluding hydrogens is 1440 g/mol. The number of benzene rings is 16. The lowest BCUT2D eigenvalue weighted by atomic mass is 9.99. The molecule has 16 aromatic carbocycles. The summed E-state index contributed by atoms with van der Waals surface area (Å²) in [4.78, 5) is 52.8. The molecule has 0 saturated heterocycles. The number of para-hydroxylation sites is 1. The first-order chi connectivity index (χ1) is 58.4. The molecule has 550 valence electrons. The average molecular weight is 1510 g/mol. The monoisotopic (exact) mass is 1510 g/mol. The normalized spacial score (nSPS) is 11.6. The van der Waals surface area contributed by atoms with Gasteiger partial charge in [-0.05, 0) is 116 Å². The highest BCUT2D eigenvalue weighted by atomic mass is 15.2. The van der Waals surface area contributed by atoms with Gasteiger partial charge in [0.2, 0.25) is 5.95 Å². The van der Waals surface area contributed by atoms with Crippen LogP contribution in [0.25, 0.3) is 224 Å². The molecule has 0 atom stereocenters. The van der Waals surface area contributed by atoms with Crippen LogP contribution in [0.5, 0.6) is 0 Å². The molecule has 0 N–H and O–H groups in total.